The van der Waals surface area contributed by atoms with Gasteiger partial charge < -0.3 is 15.4 Å². The molecule has 1 heterocycles. The molecule has 2 aliphatic rings. The number of ether oxygens (including phenoxy) is 1. The highest BCUT2D eigenvalue weighted by atomic mass is 16.5. The van der Waals surface area contributed by atoms with Crippen molar-refractivity contribution in [1.82, 2.24) is 0 Å². The second-order valence-electron chi connectivity index (χ2n) is 5.87. The third kappa shape index (κ3) is 3.21. The molecule has 1 saturated carbocycles. The third-order valence-electron chi connectivity index (χ3n) is 4.25. The fourth-order valence-corrected chi connectivity index (χ4v) is 3.20. The van der Waals surface area contributed by atoms with Crippen LogP contribution in [-0.2, 0) is 0 Å². The molecule has 1 unspecified atom stereocenters. The van der Waals surface area contributed by atoms with Crippen LogP contribution in [0.4, 0.5) is 5.69 Å². The smallest absolute Gasteiger partial charge is 0.121 e. The van der Waals surface area contributed by atoms with E-state index in [1.54, 1.807) is 0 Å². The molecule has 0 radical (unpaired) electrons. The van der Waals surface area contributed by atoms with Gasteiger partial charge in [0.05, 0.1) is 6.10 Å². The van der Waals surface area contributed by atoms with Gasteiger partial charge >= 0.3 is 0 Å². The average Bonchev–Trinajstić information content (AvgIpc) is 2.92. The first-order valence-electron chi connectivity index (χ1n) is 7.58. The second kappa shape index (κ2) is 5.83. The van der Waals surface area contributed by atoms with Crippen LogP contribution >= 0.6 is 0 Å². The Labute approximate surface area is 115 Å². The number of benzene rings is 1. The maximum absolute atomic E-state index is 6.08. The molecule has 19 heavy (non-hydrogen) atoms. The monoisotopic (exact) mass is 260 g/mol. The molecule has 1 saturated heterocycles. The first-order chi connectivity index (χ1) is 9.31. The van der Waals surface area contributed by atoms with E-state index in [4.69, 9.17) is 10.5 Å². The van der Waals surface area contributed by atoms with Crippen LogP contribution in [0.1, 0.15) is 38.5 Å². The van der Waals surface area contributed by atoms with E-state index in [9.17, 15) is 0 Å². The predicted molar refractivity (Wildman–Crippen MR) is 78.7 cm³/mol. The zero-order valence-corrected chi connectivity index (χ0v) is 11.6. The van der Waals surface area contributed by atoms with Crippen molar-refractivity contribution in [2.75, 3.05) is 18.0 Å². The van der Waals surface area contributed by atoms with Gasteiger partial charge in [0.25, 0.3) is 0 Å². The first kappa shape index (κ1) is 12.8. The van der Waals surface area contributed by atoms with Gasteiger partial charge in [-0.2, -0.15) is 0 Å². The Morgan fingerprint density at radius 2 is 1.95 bits per heavy atom. The third-order valence-corrected chi connectivity index (χ3v) is 4.25. The van der Waals surface area contributed by atoms with Gasteiger partial charge in [-0.15, -0.1) is 0 Å². The van der Waals surface area contributed by atoms with Crippen LogP contribution in [0.25, 0.3) is 0 Å². The summed E-state index contributed by atoms with van der Waals surface area (Å²) in [6.07, 6.45) is 7.80. The van der Waals surface area contributed by atoms with Crippen LogP contribution in [-0.4, -0.2) is 25.2 Å². The van der Waals surface area contributed by atoms with Gasteiger partial charge in [0.2, 0.25) is 0 Å². The zero-order valence-electron chi connectivity index (χ0n) is 11.6. The van der Waals surface area contributed by atoms with Crippen molar-refractivity contribution >= 4 is 5.69 Å². The number of piperidine rings is 1. The highest BCUT2D eigenvalue weighted by Crippen LogP contribution is 2.28. The number of nitrogens with zero attached hydrogens (tertiary/aromatic N) is 1. The van der Waals surface area contributed by atoms with Crippen molar-refractivity contribution in [1.29, 1.82) is 0 Å². The molecule has 0 aromatic heterocycles. The topological polar surface area (TPSA) is 38.5 Å². The Kier molecular flexibility index (Phi) is 3.92. The van der Waals surface area contributed by atoms with Crippen molar-refractivity contribution in [2.24, 2.45) is 5.73 Å². The maximum Gasteiger partial charge on any atom is 0.121 e. The fraction of sp³-hybridized carbons (Fsp3) is 0.625. The Hall–Kier alpha value is -1.22. The van der Waals surface area contributed by atoms with E-state index in [0.29, 0.717) is 12.1 Å². The predicted octanol–water partition coefficient (Wildman–Crippen LogP) is 2.94. The van der Waals surface area contributed by atoms with Crippen molar-refractivity contribution in [2.45, 2.75) is 50.7 Å². The number of hydrogen-bond acceptors (Lipinski definition) is 3. The van der Waals surface area contributed by atoms with Gasteiger partial charge in [-0.3, -0.25) is 0 Å². The van der Waals surface area contributed by atoms with E-state index in [2.05, 4.69) is 29.2 Å². The summed E-state index contributed by atoms with van der Waals surface area (Å²) in [6, 6.07) is 8.83. The summed E-state index contributed by atoms with van der Waals surface area (Å²) in [6.45, 7) is 2.08. The zero-order chi connectivity index (χ0) is 13.1. The van der Waals surface area contributed by atoms with Crippen LogP contribution in [0.2, 0.25) is 0 Å². The summed E-state index contributed by atoms with van der Waals surface area (Å²) in [7, 11) is 0. The molecule has 1 aliphatic heterocycles. The van der Waals surface area contributed by atoms with E-state index in [0.717, 1.165) is 25.3 Å². The summed E-state index contributed by atoms with van der Waals surface area (Å²) in [4.78, 5) is 2.38. The number of rotatable bonds is 3. The lowest BCUT2D eigenvalue weighted by molar-refractivity contribution is 0.210. The Morgan fingerprint density at radius 3 is 2.74 bits per heavy atom. The minimum Gasteiger partial charge on any atom is -0.490 e. The summed E-state index contributed by atoms with van der Waals surface area (Å²) in [5.41, 5.74) is 7.31. The molecule has 1 atom stereocenters. The molecule has 0 spiro atoms. The van der Waals surface area contributed by atoms with Crippen molar-refractivity contribution in [3.63, 3.8) is 0 Å². The molecule has 2 N–H and O–H groups in total. The van der Waals surface area contributed by atoms with Crippen LogP contribution in [0.15, 0.2) is 24.3 Å². The van der Waals surface area contributed by atoms with Gasteiger partial charge in [0.1, 0.15) is 5.75 Å². The standard InChI is InChI=1S/C16H24N2O/c17-13-5-4-10-18(12-13)14-6-3-9-16(11-14)19-15-7-1-2-8-15/h3,6,9,11,13,15H,1-2,4-5,7-8,10,12,17H2. The molecule has 1 aliphatic carbocycles. The number of nitrogens with two attached hydrogens (primary N) is 1. The van der Waals surface area contributed by atoms with E-state index < -0.39 is 0 Å². The first-order valence-corrected chi connectivity index (χ1v) is 7.58. The largest absolute Gasteiger partial charge is 0.490 e. The SMILES string of the molecule is NC1CCCN(c2cccc(OC3CCCC3)c2)C1. The maximum atomic E-state index is 6.08. The molecule has 0 bridgehead atoms. The number of anilines is 1. The van der Waals surface area contributed by atoms with Crippen LogP contribution in [0, 0.1) is 0 Å². The van der Waals surface area contributed by atoms with Gasteiger partial charge in [-0.05, 0) is 50.7 Å². The average molecular weight is 260 g/mol. The minimum absolute atomic E-state index is 0.313. The molecule has 1 aromatic carbocycles. The molecule has 3 nitrogen and oxygen atoms in total. The normalized spacial score (nSPS) is 24.7. The highest BCUT2D eigenvalue weighted by Gasteiger charge is 2.19. The van der Waals surface area contributed by atoms with Gasteiger partial charge in [0, 0.05) is 30.9 Å². The van der Waals surface area contributed by atoms with Gasteiger partial charge in [-0.25, -0.2) is 0 Å². The lowest BCUT2D eigenvalue weighted by Gasteiger charge is -2.32. The quantitative estimate of drug-likeness (QED) is 0.908. The second-order valence-corrected chi connectivity index (χ2v) is 5.87. The molecule has 104 valence electrons. The molecular weight excluding hydrogens is 236 g/mol. The lowest BCUT2D eigenvalue weighted by Crippen LogP contribution is -2.42. The minimum atomic E-state index is 0.313. The van der Waals surface area contributed by atoms with Crippen LogP contribution in [0.5, 0.6) is 5.75 Å². The fourth-order valence-electron chi connectivity index (χ4n) is 3.20. The van der Waals surface area contributed by atoms with Crippen molar-refractivity contribution in [3.8, 4) is 5.75 Å². The van der Waals surface area contributed by atoms with Crippen LogP contribution < -0.4 is 15.4 Å². The van der Waals surface area contributed by atoms with Crippen LogP contribution in [0.3, 0.4) is 0 Å². The molecular formula is C16H24N2O. The molecule has 1 aromatic rings. The number of hydrogen-bond donors (Lipinski definition) is 1. The van der Waals surface area contributed by atoms with E-state index >= 15 is 0 Å². The Bertz CT molecular complexity index is 415. The van der Waals surface area contributed by atoms with Crippen molar-refractivity contribution in [3.05, 3.63) is 24.3 Å². The summed E-state index contributed by atoms with van der Waals surface area (Å²) in [5, 5.41) is 0. The van der Waals surface area contributed by atoms with E-state index in [1.807, 2.05) is 0 Å². The molecule has 3 heteroatoms. The summed E-state index contributed by atoms with van der Waals surface area (Å²) < 4.78 is 6.08. The molecule has 0 amide bonds. The molecule has 2 fully saturated rings. The summed E-state index contributed by atoms with van der Waals surface area (Å²) in [5.74, 6) is 1.02. The van der Waals surface area contributed by atoms with Gasteiger partial charge in [-0.1, -0.05) is 6.07 Å². The summed E-state index contributed by atoms with van der Waals surface area (Å²) >= 11 is 0. The van der Waals surface area contributed by atoms with Crippen molar-refractivity contribution < 1.29 is 4.74 Å². The highest BCUT2D eigenvalue weighted by molar-refractivity contribution is 5.51. The molecule has 3 rings (SSSR count). The van der Waals surface area contributed by atoms with E-state index in [-0.39, 0.29) is 0 Å². The Morgan fingerprint density at radius 1 is 1.11 bits per heavy atom. The van der Waals surface area contributed by atoms with Gasteiger partial charge in [0.15, 0.2) is 0 Å². The van der Waals surface area contributed by atoms with E-state index in [1.165, 1.54) is 37.8 Å². The Balaban J connectivity index is 1.68. The lowest BCUT2D eigenvalue weighted by atomic mass is 10.1.